The standard InChI is InChI=1S/C16H25N5O/c1-3-4-7-21-10-13-15(19(2)11-14(21)22)17-12-18-16(13)20-8-5-6-9-20/h12H,3-11H2,1-2H3. The van der Waals surface area contributed by atoms with Crippen LogP contribution in [0, 0.1) is 0 Å². The Bertz CT molecular complexity index is 541. The molecule has 0 saturated carbocycles. The molecule has 1 fully saturated rings. The molecule has 0 radical (unpaired) electrons. The van der Waals surface area contributed by atoms with Crippen molar-refractivity contribution in [3.8, 4) is 0 Å². The lowest BCUT2D eigenvalue weighted by Gasteiger charge is -2.24. The predicted molar refractivity (Wildman–Crippen MR) is 87.1 cm³/mol. The Kier molecular flexibility index (Phi) is 4.45. The van der Waals surface area contributed by atoms with Gasteiger partial charge < -0.3 is 14.7 Å². The van der Waals surface area contributed by atoms with Gasteiger partial charge in [-0.2, -0.15) is 0 Å². The number of anilines is 2. The van der Waals surface area contributed by atoms with Gasteiger partial charge in [0.05, 0.1) is 18.7 Å². The monoisotopic (exact) mass is 303 g/mol. The zero-order chi connectivity index (χ0) is 15.5. The van der Waals surface area contributed by atoms with Crippen molar-refractivity contribution in [2.24, 2.45) is 0 Å². The first kappa shape index (κ1) is 15.1. The van der Waals surface area contributed by atoms with E-state index in [0.717, 1.165) is 49.7 Å². The van der Waals surface area contributed by atoms with Crippen molar-refractivity contribution in [2.45, 2.75) is 39.2 Å². The summed E-state index contributed by atoms with van der Waals surface area (Å²) in [5.41, 5.74) is 1.11. The summed E-state index contributed by atoms with van der Waals surface area (Å²) < 4.78 is 0. The van der Waals surface area contributed by atoms with Crippen molar-refractivity contribution in [1.82, 2.24) is 14.9 Å². The van der Waals surface area contributed by atoms with Crippen LogP contribution in [0.5, 0.6) is 0 Å². The lowest BCUT2D eigenvalue weighted by molar-refractivity contribution is -0.130. The van der Waals surface area contributed by atoms with Crippen LogP contribution < -0.4 is 9.80 Å². The van der Waals surface area contributed by atoms with Crippen molar-refractivity contribution in [3.05, 3.63) is 11.9 Å². The third-order valence-electron chi connectivity index (χ3n) is 4.52. The molecule has 1 amide bonds. The molecule has 1 saturated heterocycles. The molecule has 0 bridgehead atoms. The lowest BCUT2D eigenvalue weighted by atomic mass is 10.2. The third kappa shape index (κ3) is 2.87. The van der Waals surface area contributed by atoms with Crippen LogP contribution in [0.4, 0.5) is 11.6 Å². The van der Waals surface area contributed by atoms with E-state index in [1.807, 2.05) is 16.8 Å². The van der Waals surface area contributed by atoms with Crippen LogP contribution in [0.25, 0.3) is 0 Å². The highest BCUT2D eigenvalue weighted by Crippen LogP contribution is 2.31. The summed E-state index contributed by atoms with van der Waals surface area (Å²) in [6.45, 7) is 6.10. The molecular weight excluding hydrogens is 278 g/mol. The summed E-state index contributed by atoms with van der Waals surface area (Å²) in [7, 11) is 1.95. The second kappa shape index (κ2) is 6.50. The maximum atomic E-state index is 12.5. The smallest absolute Gasteiger partial charge is 0.242 e. The van der Waals surface area contributed by atoms with Crippen LogP contribution in [-0.2, 0) is 11.3 Å². The molecule has 0 N–H and O–H groups in total. The number of nitrogens with zero attached hydrogens (tertiary/aromatic N) is 5. The van der Waals surface area contributed by atoms with Gasteiger partial charge in [0.25, 0.3) is 0 Å². The second-order valence-electron chi connectivity index (χ2n) is 6.22. The molecular formula is C16H25N5O. The van der Waals surface area contributed by atoms with Gasteiger partial charge in [0.15, 0.2) is 0 Å². The average molecular weight is 303 g/mol. The van der Waals surface area contributed by atoms with E-state index >= 15 is 0 Å². The Labute approximate surface area is 132 Å². The molecule has 3 rings (SSSR count). The molecule has 0 aliphatic carbocycles. The minimum absolute atomic E-state index is 0.182. The van der Waals surface area contributed by atoms with E-state index in [-0.39, 0.29) is 5.91 Å². The fraction of sp³-hybridized carbons (Fsp3) is 0.688. The minimum Gasteiger partial charge on any atom is -0.356 e. The highest BCUT2D eigenvalue weighted by Gasteiger charge is 2.28. The molecule has 6 heteroatoms. The molecule has 1 aromatic heterocycles. The summed E-state index contributed by atoms with van der Waals surface area (Å²) in [6, 6.07) is 0. The van der Waals surface area contributed by atoms with Crippen LogP contribution in [0.15, 0.2) is 6.33 Å². The number of carbonyl (C=O) groups excluding carboxylic acids is 1. The number of likely N-dealkylation sites (N-methyl/N-ethyl adjacent to an activating group) is 1. The summed E-state index contributed by atoms with van der Waals surface area (Å²) >= 11 is 0. The number of carbonyl (C=O) groups is 1. The van der Waals surface area contributed by atoms with Crippen LogP contribution in [-0.4, -0.2) is 54.0 Å². The fourth-order valence-electron chi connectivity index (χ4n) is 3.28. The SMILES string of the molecule is CCCCN1Cc2c(ncnc2N2CCCC2)N(C)CC1=O. The molecule has 0 aromatic carbocycles. The van der Waals surface area contributed by atoms with Gasteiger partial charge in [-0.25, -0.2) is 9.97 Å². The largest absolute Gasteiger partial charge is 0.356 e. The topological polar surface area (TPSA) is 52.6 Å². The molecule has 2 aliphatic rings. The molecule has 0 atom stereocenters. The molecule has 2 aliphatic heterocycles. The van der Waals surface area contributed by atoms with E-state index < -0.39 is 0 Å². The molecule has 120 valence electrons. The van der Waals surface area contributed by atoms with Crippen LogP contribution in [0.1, 0.15) is 38.2 Å². The molecule has 0 unspecified atom stereocenters. The van der Waals surface area contributed by atoms with E-state index in [1.165, 1.54) is 12.8 Å². The van der Waals surface area contributed by atoms with E-state index in [9.17, 15) is 4.79 Å². The Morgan fingerprint density at radius 2 is 1.86 bits per heavy atom. The van der Waals surface area contributed by atoms with Gasteiger partial charge in [0, 0.05) is 26.7 Å². The van der Waals surface area contributed by atoms with Crippen molar-refractivity contribution < 1.29 is 4.79 Å². The van der Waals surface area contributed by atoms with Crippen LogP contribution in [0.2, 0.25) is 0 Å². The van der Waals surface area contributed by atoms with Crippen LogP contribution >= 0.6 is 0 Å². The highest BCUT2D eigenvalue weighted by molar-refractivity contribution is 5.83. The zero-order valence-corrected chi connectivity index (χ0v) is 13.6. The van der Waals surface area contributed by atoms with Gasteiger partial charge in [-0.1, -0.05) is 13.3 Å². The summed E-state index contributed by atoms with van der Waals surface area (Å²) in [6.07, 6.45) is 6.20. The summed E-state index contributed by atoms with van der Waals surface area (Å²) in [5.74, 6) is 2.11. The average Bonchev–Trinajstić information content (AvgIpc) is 3.01. The normalized spacial score (nSPS) is 18.6. The van der Waals surface area contributed by atoms with Crippen LogP contribution in [0.3, 0.4) is 0 Å². The van der Waals surface area contributed by atoms with E-state index in [1.54, 1.807) is 6.33 Å². The maximum Gasteiger partial charge on any atom is 0.242 e. The Balaban J connectivity index is 1.95. The van der Waals surface area contributed by atoms with Crippen molar-refractivity contribution in [1.29, 1.82) is 0 Å². The molecule has 0 spiro atoms. The van der Waals surface area contributed by atoms with Gasteiger partial charge in [0.2, 0.25) is 5.91 Å². The minimum atomic E-state index is 0.182. The van der Waals surface area contributed by atoms with Gasteiger partial charge in [-0.15, -0.1) is 0 Å². The molecule has 1 aromatic rings. The number of hydrogen-bond donors (Lipinski definition) is 0. The van der Waals surface area contributed by atoms with Gasteiger partial charge >= 0.3 is 0 Å². The maximum absolute atomic E-state index is 12.5. The van der Waals surface area contributed by atoms with E-state index in [2.05, 4.69) is 21.8 Å². The predicted octanol–water partition coefficient (Wildman–Crippen LogP) is 1.66. The summed E-state index contributed by atoms with van der Waals surface area (Å²) in [5, 5.41) is 0. The number of rotatable bonds is 4. The van der Waals surface area contributed by atoms with E-state index in [4.69, 9.17) is 0 Å². The quantitative estimate of drug-likeness (QED) is 0.846. The zero-order valence-electron chi connectivity index (χ0n) is 13.6. The van der Waals surface area contributed by atoms with Gasteiger partial charge in [-0.3, -0.25) is 4.79 Å². The summed E-state index contributed by atoms with van der Waals surface area (Å²) in [4.78, 5) is 27.7. The Hall–Kier alpha value is -1.85. The Morgan fingerprint density at radius 1 is 1.14 bits per heavy atom. The van der Waals surface area contributed by atoms with Crippen molar-refractivity contribution in [3.63, 3.8) is 0 Å². The first-order valence-corrected chi connectivity index (χ1v) is 8.28. The first-order valence-electron chi connectivity index (χ1n) is 8.28. The number of hydrogen-bond acceptors (Lipinski definition) is 5. The van der Waals surface area contributed by atoms with Gasteiger partial charge in [-0.05, 0) is 19.3 Å². The third-order valence-corrected chi connectivity index (χ3v) is 4.52. The van der Waals surface area contributed by atoms with Gasteiger partial charge in [0.1, 0.15) is 18.0 Å². The number of amides is 1. The molecule has 6 nitrogen and oxygen atoms in total. The molecule has 22 heavy (non-hydrogen) atoms. The fourth-order valence-corrected chi connectivity index (χ4v) is 3.28. The highest BCUT2D eigenvalue weighted by atomic mass is 16.2. The Morgan fingerprint density at radius 3 is 2.59 bits per heavy atom. The first-order chi connectivity index (χ1) is 10.7. The number of unbranched alkanes of at least 4 members (excludes halogenated alkanes) is 1. The molecule has 3 heterocycles. The lowest BCUT2D eigenvalue weighted by Crippen LogP contribution is -2.36. The van der Waals surface area contributed by atoms with Crippen molar-refractivity contribution >= 4 is 17.5 Å². The number of fused-ring (bicyclic) bond motifs is 1. The second-order valence-corrected chi connectivity index (χ2v) is 6.22. The van der Waals surface area contributed by atoms with E-state index in [0.29, 0.717) is 13.1 Å². The number of aromatic nitrogens is 2. The van der Waals surface area contributed by atoms with Crippen molar-refractivity contribution in [2.75, 3.05) is 43.0 Å².